The highest BCUT2D eigenvalue weighted by Crippen LogP contribution is 2.41. The van der Waals surface area contributed by atoms with Gasteiger partial charge in [0, 0.05) is 37.3 Å². The molecule has 0 aromatic carbocycles. The van der Waals surface area contributed by atoms with Gasteiger partial charge in [-0.1, -0.05) is 33.8 Å². The summed E-state index contributed by atoms with van der Waals surface area (Å²) < 4.78 is 37.1. The number of methoxy groups -OCH3 is 1. The summed E-state index contributed by atoms with van der Waals surface area (Å²) >= 11 is 0. The second-order valence-corrected chi connectivity index (χ2v) is 16.3. The van der Waals surface area contributed by atoms with Gasteiger partial charge in [0.05, 0.1) is 42.0 Å². The lowest BCUT2D eigenvalue weighted by molar-refractivity contribution is -0.316. The Balaban J connectivity index is 2.23. The van der Waals surface area contributed by atoms with Crippen LogP contribution in [0.2, 0.25) is 0 Å². The molecule has 18 atom stereocenters. The van der Waals surface area contributed by atoms with E-state index in [9.17, 15) is 35.1 Å². The maximum atomic E-state index is 14.1. The van der Waals surface area contributed by atoms with E-state index in [1.54, 1.807) is 41.5 Å². The standard InChI is InChI=1S/C38H67NO13/c1-14-26-37(10,45)31(42)21(5)28(40)19(3)17-38(46,15-2)33(52-35-29(41)25(39(11)12)16-20(4)48-35)22(6)30(23(7)34(44)50-26)51-27-18-36(9,47-13)32(43)24(8)49-27/h15,19-27,29-33,35,41-43,45-46H,2,14,16-18H2,1,3-13H3/t19-,20-,21+,22+,23-,24+,25+,26-,27+,29-,30?,31-,32+,33-,35+,36-,37-,38-/m1/s1. The summed E-state index contributed by atoms with van der Waals surface area (Å²) in [6.07, 6.45) is -8.94. The molecule has 0 amide bonds. The van der Waals surface area contributed by atoms with Gasteiger partial charge in [0.1, 0.15) is 35.3 Å². The zero-order valence-electron chi connectivity index (χ0n) is 33.2. The predicted molar refractivity (Wildman–Crippen MR) is 191 cm³/mol. The molecule has 0 aromatic heterocycles. The average Bonchev–Trinajstić information content (AvgIpc) is 3.09. The fraction of sp³-hybridized carbons (Fsp3) is 0.895. The third kappa shape index (κ3) is 9.27. The van der Waals surface area contributed by atoms with Crippen LogP contribution in [0.15, 0.2) is 12.7 Å². The maximum absolute atomic E-state index is 14.1. The number of ether oxygens (including phenoxy) is 6. The van der Waals surface area contributed by atoms with Crippen LogP contribution in [-0.4, -0.2) is 148 Å². The SMILES string of the molecule is C=C[C@@]1(O)C[C@@H](C)C(=O)[C@H](C)[C@@H](O)[C@](C)(O)[C@@H](CC)OC(=O)[C@H](C)C(O[C@H]2C[C@@](C)(OC)[C@@H](O)[C@H](C)O2)[C@H](C)[C@H]1O[C@@H]1O[C@H](C)C[C@H](N(C)C)[C@H]1O. The molecular formula is C38H67NO13. The minimum atomic E-state index is -2.02. The molecule has 5 N–H and O–H groups in total. The molecule has 1 unspecified atom stereocenters. The molecule has 3 rings (SSSR count). The van der Waals surface area contributed by atoms with Crippen LogP contribution in [0.3, 0.4) is 0 Å². The van der Waals surface area contributed by atoms with Gasteiger partial charge >= 0.3 is 5.97 Å². The molecule has 0 aliphatic carbocycles. The van der Waals surface area contributed by atoms with Crippen molar-refractivity contribution in [1.82, 2.24) is 4.90 Å². The number of rotatable bonds is 8. The Hall–Kier alpha value is -1.56. The van der Waals surface area contributed by atoms with Crippen molar-refractivity contribution in [1.29, 1.82) is 0 Å². The van der Waals surface area contributed by atoms with Gasteiger partial charge in [-0.05, 0) is 68.0 Å². The molecule has 3 aliphatic rings. The summed E-state index contributed by atoms with van der Waals surface area (Å²) in [6.45, 7) is 18.6. The Morgan fingerprint density at radius 1 is 0.942 bits per heavy atom. The highest BCUT2D eigenvalue weighted by Gasteiger charge is 2.54. The Bertz CT molecular complexity index is 1220. The molecule has 3 fully saturated rings. The number of aliphatic hydroxyl groups is 5. The van der Waals surface area contributed by atoms with E-state index in [0.717, 1.165) is 0 Å². The number of cyclic esters (lactones) is 1. The first-order chi connectivity index (χ1) is 24.0. The molecule has 0 bridgehead atoms. The number of likely N-dealkylation sites (N-methyl/N-ethyl adjacent to an activating group) is 1. The molecular weight excluding hydrogens is 678 g/mol. The van der Waals surface area contributed by atoms with Crippen molar-refractivity contribution in [2.24, 2.45) is 23.7 Å². The van der Waals surface area contributed by atoms with Crippen LogP contribution in [-0.2, 0) is 38.0 Å². The number of esters is 1. The summed E-state index contributed by atoms with van der Waals surface area (Å²) in [6, 6.07) is -0.350. The molecule has 0 spiro atoms. The Labute approximate surface area is 309 Å². The van der Waals surface area contributed by atoms with Crippen molar-refractivity contribution in [3.8, 4) is 0 Å². The van der Waals surface area contributed by atoms with Crippen molar-refractivity contribution in [2.75, 3.05) is 21.2 Å². The highest BCUT2D eigenvalue weighted by molar-refractivity contribution is 5.83. The lowest BCUT2D eigenvalue weighted by atomic mass is 9.73. The van der Waals surface area contributed by atoms with E-state index in [1.807, 2.05) is 25.9 Å². The first-order valence-electron chi connectivity index (χ1n) is 18.7. The normalized spacial score (nSPS) is 48.9. The van der Waals surface area contributed by atoms with E-state index >= 15 is 0 Å². The van der Waals surface area contributed by atoms with Gasteiger partial charge in [0.2, 0.25) is 0 Å². The molecule has 14 heteroatoms. The lowest BCUT2D eigenvalue weighted by Gasteiger charge is -2.49. The Morgan fingerprint density at radius 2 is 1.56 bits per heavy atom. The van der Waals surface area contributed by atoms with Crippen LogP contribution in [0.4, 0.5) is 0 Å². The highest BCUT2D eigenvalue weighted by atomic mass is 16.7. The number of carbonyl (C=O) groups is 2. The van der Waals surface area contributed by atoms with E-state index < -0.39 is 108 Å². The molecule has 52 heavy (non-hydrogen) atoms. The van der Waals surface area contributed by atoms with E-state index in [0.29, 0.717) is 6.42 Å². The largest absolute Gasteiger partial charge is 0.459 e. The molecule has 0 saturated carbocycles. The second kappa shape index (κ2) is 17.5. The van der Waals surface area contributed by atoms with Gasteiger partial charge in [-0.25, -0.2) is 0 Å². The lowest BCUT2D eigenvalue weighted by Crippen LogP contribution is -2.61. The van der Waals surface area contributed by atoms with Crippen LogP contribution < -0.4 is 0 Å². The van der Waals surface area contributed by atoms with Gasteiger partial charge in [0.15, 0.2) is 12.6 Å². The summed E-state index contributed by atoms with van der Waals surface area (Å²) in [5.74, 6) is -5.24. The number of hydrogen-bond acceptors (Lipinski definition) is 14. The van der Waals surface area contributed by atoms with Crippen molar-refractivity contribution >= 4 is 11.8 Å². The van der Waals surface area contributed by atoms with Crippen LogP contribution >= 0.6 is 0 Å². The first-order valence-corrected chi connectivity index (χ1v) is 18.7. The third-order valence-corrected chi connectivity index (χ3v) is 12.0. The van der Waals surface area contributed by atoms with Crippen molar-refractivity contribution in [3.63, 3.8) is 0 Å². The fourth-order valence-electron chi connectivity index (χ4n) is 8.34. The molecule has 0 aromatic rings. The van der Waals surface area contributed by atoms with E-state index in [1.165, 1.54) is 27.0 Å². The summed E-state index contributed by atoms with van der Waals surface area (Å²) in [7, 11) is 5.15. The number of aliphatic hydroxyl groups excluding tert-OH is 3. The van der Waals surface area contributed by atoms with Gasteiger partial charge in [-0.3, -0.25) is 9.59 Å². The Kier molecular flexibility index (Phi) is 15.1. The van der Waals surface area contributed by atoms with E-state index in [4.69, 9.17) is 28.4 Å². The van der Waals surface area contributed by atoms with E-state index in [-0.39, 0.29) is 31.4 Å². The quantitative estimate of drug-likeness (QED) is 0.179. The molecule has 0 radical (unpaired) electrons. The molecule has 3 heterocycles. The van der Waals surface area contributed by atoms with E-state index in [2.05, 4.69) is 6.58 Å². The third-order valence-electron chi connectivity index (χ3n) is 12.0. The minimum Gasteiger partial charge on any atom is -0.459 e. The molecule has 3 aliphatic heterocycles. The van der Waals surface area contributed by atoms with Gasteiger partial charge in [-0.15, -0.1) is 6.58 Å². The summed E-state index contributed by atoms with van der Waals surface area (Å²) in [5.41, 5.74) is -5.07. The fourth-order valence-corrected chi connectivity index (χ4v) is 8.34. The maximum Gasteiger partial charge on any atom is 0.311 e. The van der Waals surface area contributed by atoms with Crippen LogP contribution in [0.5, 0.6) is 0 Å². The van der Waals surface area contributed by atoms with Crippen LogP contribution in [0.1, 0.15) is 88.0 Å². The second-order valence-electron chi connectivity index (χ2n) is 16.3. The predicted octanol–water partition coefficient (Wildman–Crippen LogP) is 1.95. The molecule has 3 saturated heterocycles. The number of nitrogens with zero attached hydrogens (tertiary/aromatic N) is 1. The van der Waals surface area contributed by atoms with Gasteiger partial charge in [0.25, 0.3) is 0 Å². The number of ketones is 1. The van der Waals surface area contributed by atoms with Gasteiger partial charge in [-0.2, -0.15) is 0 Å². The van der Waals surface area contributed by atoms with Crippen molar-refractivity contribution in [3.05, 3.63) is 12.7 Å². The molecule has 14 nitrogen and oxygen atoms in total. The summed E-state index contributed by atoms with van der Waals surface area (Å²) in [4.78, 5) is 29.9. The minimum absolute atomic E-state index is 0.0750. The number of Topliss-reactive ketones (excluding diaryl/α,β-unsaturated/α-hetero) is 1. The van der Waals surface area contributed by atoms with Crippen molar-refractivity contribution < 1.29 is 63.5 Å². The monoisotopic (exact) mass is 745 g/mol. The van der Waals surface area contributed by atoms with Crippen LogP contribution in [0, 0.1) is 23.7 Å². The number of carbonyl (C=O) groups excluding carboxylic acids is 2. The first kappa shape index (κ1) is 44.8. The van der Waals surface area contributed by atoms with Gasteiger partial charge < -0.3 is 58.9 Å². The van der Waals surface area contributed by atoms with Crippen LogP contribution in [0.25, 0.3) is 0 Å². The smallest absolute Gasteiger partial charge is 0.311 e. The van der Waals surface area contributed by atoms with Crippen molar-refractivity contribution in [2.45, 2.75) is 172 Å². The zero-order chi connectivity index (χ0) is 39.7. The molecule has 302 valence electrons. The average molecular weight is 746 g/mol. The topological polar surface area (TPSA) is 194 Å². The zero-order valence-corrected chi connectivity index (χ0v) is 33.2. The summed E-state index contributed by atoms with van der Waals surface area (Å²) in [5, 5.41) is 57.9. The Morgan fingerprint density at radius 3 is 2.10 bits per heavy atom. The number of hydrogen-bond donors (Lipinski definition) is 5.